The van der Waals surface area contributed by atoms with Crippen LogP contribution in [0.3, 0.4) is 0 Å². The lowest BCUT2D eigenvalue weighted by Crippen LogP contribution is -2.37. The molecule has 0 unspecified atom stereocenters. The van der Waals surface area contributed by atoms with Crippen molar-refractivity contribution in [2.24, 2.45) is 0 Å². The van der Waals surface area contributed by atoms with E-state index >= 15 is 0 Å². The molecule has 2 aromatic heterocycles. The summed E-state index contributed by atoms with van der Waals surface area (Å²) in [6.07, 6.45) is 1.42. The van der Waals surface area contributed by atoms with Crippen molar-refractivity contribution in [2.75, 3.05) is 48.4 Å². The monoisotopic (exact) mass is 482 g/mol. The van der Waals surface area contributed by atoms with Gasteiger partial charge in [0, 0.05) is 30.5 Å². The Morgan fingerprint density at radius 2 is 1.97 bits per heavy atom. The highest BCUT2D eigenvalue weighted by atomic mass is 19.1. The number of carboxylic acids is 1. The molecule has 1 aromatic carbocycles. The molecule has 2 amide bonds. The molecule has 3 heterocycles. The van der Waals surface area contributed by atoms with Gasteiger partial charge < -0.3 is 24.8 Å². The third-order valence-electron chi connectivity index (χ3n) is 5.00. The lowest BCUT2D eigenvalue weighted by Gasteiger charge is -2.29. The van der Waals surface area contributed by atoms with Gasteiger partial charge in [-0.2, -0.15) is 0 Å². The zero-order valence-corrected chi connectivity index (χ0v) is 18.8. The van der Waals surface area contributed by atoms with Gasteiger partial charge in [0.2, 0.25) is 0 Å². The third kappa shape index (κ3) is 5.79. The number of anilines is 3. The van der Waals surface area contributed by atoms with Crippen LogP contribution < -0.4 is 20.3 Å². The lowest BCUT2D eigenvalue weighted by molar-refractivity contribution is 0.0685. The molecule has 12 heteroatoms. The number of ether oxygens (including phenoxy) is 2. The molecule has 0 atom stereocenters. The number of carbonyl (C=O) groups excluding carboxylic acids is 1. The zero-order valence-electron chi connectivity index (χ0n) is 18.8. The second kappa shape index (κ2) is 10.7. The van der Waals surface area contributed by atoms with E-state index < -0.39 is 17.8 Å². The molecule has 0 radical (unpaired) electrons. The summed E-state index contributed by atoms with van der Waals surface area (Å²) in [7, 11) is 0. The predicted molar refractivity (Wildman–Crippen MR) is 125 cm³/mol. The number of rotatable bonds is 7. The van der Waals surface area contributed by atoms with E-state index in [1.165, 1.54) is 30.5 Å². The minimum Gasteiger partial charge on any atom is -0.488 e. The molecule has 3 N–H and O–H groups in total. The van der Waals surface area contributed by atoms with Crippen LogP contribution in [0.5, 0.6) is 5.75 Å². The number of hydrogen-bond donors (Lipinski definition) is 3. The lowest BCUT2D eigenvalue weighted by atomic mass is 10.2. The second-order valence-corrected chi connectivity index (χ2v) is 7.41. The summed E-state index contributed by atoms with van der Waals surface area (Å²) in [5, 5.41) is 14.8. The Balaban J connectivity index is 1.58. The molecule has 0 bridgehead atoms. The summed E-state index contributed by atoms with van der Waals surface area (Å²) >= 11 is 0. The average Bonchev–Trinajstić information content (AvgIpc) is 2.85. The molecular weight excluding hydrogens is 459 g/mol. The average molecular weight is 482 g/mol. The summed E-state index contributed by atoms with van der Waals surface area (Å²) in [6, 6.07) is 8.01. The van der Waals surface area contributed by atoms with Crippen LogP contribution in [-0.4, -0.2) is 65.0 Å². The first-order valence-corrected chi connectivity index (χ1v) is 10.9. The molecule has 11 nitrogen and oxygen atoms in total. The van der Waals surface area contributed by atoms with Gasteiger partial charge in [0.05, 0.1) is 19.8 Å². The number of halogens is 1. The van der Waals surface area contributed by atoms with Gasteiger partial charge in [0.25, 0.3) is 0 Å². The predicted octanol–water partition coefficient (Wildman–Crippen LogP) is 3.26. The first-order valence-electron chi connectivity index (χ1n) is 10.9. The van der Waals surface area contributed by atoms with Crippen LogP contribution in [0.25, 0.3) is 11.4 Å². The molecule has 1 aliphatic rings. The fourth-order valence-corrected chi connectivity index (χ4v) is 3.42. The van der Waals surface area contributed by atoms with Crippen LogP contribution in [0, 0.1) is 5.82 Å². The van der Waals surface area contributed by atoms with Crippen LogP contribution in [-0.2, 0) is 4.74 Å². The van der Waals surface area contributed by atoms with Crippen molar-refractivity contribution < 1.29 is 28.6 Å². The number of nitrogens with one attached hydrogen (secondary N) is 2. The van der Waals surface area contributed by atoms with E-state index in [0.717, 1.165) is 0 Å². The maximum Gasteiger partial charge on any atom is 0.358 e. The van der Waals surface area contributed by atoms with Gasteiger partial charge in [-0.15, -0.1) is 0 Å². The van der Waals surface area contributed by atoms with Crippen molar-refractivity contribution in [1.29, 1.82) is 0 Å². The summed E-state index contributed by atoms with van der Waals surface area (Å²) in [5.41, 5.74) is 0.481. The normalized spacial score (nSPS) is 13.3. The second-order valence-electron chi connectivity index (χ2n) is 7.41. The third-order valence-corrected chi connectivity index (χ3v) is 5.00. The number of pyridine rings is 1. The number of aromatic carboxylic acids is 1. The molecule has 1 saturated heterocycles. The SMILES string of the molecule is CCOc1c(C(=O)O)nc(-c2ccc(NC(=O)Nc3cccc(F)c3)nc2)nc1N1CCOCC1. The smallest absolute Gasteiger partial charge is 0.358 e. The van der Waals surface area contributed by atoms with E-state index in [1.54, 1.807) is 19.1 Å². The number of hydrogen-bond acceptors (Lipinski definition) is 8. The van der Waals surface area contributed by atoms with E-state index in [0.29, 0.717) is 43.4 Å². The molecule has 1 fully saturated rings. The number of aromatic nitrogens is 3. The highest BCUT2D eigenvalue weighted by molar-refractivity contribution is 5.99. The number of benzene rings is 1. The standard InChI is InChI=1S/C23H23FN6O5/c1-2-35-19-18(22(31)32)28-20(29-21(19)30-8-10-34-11-9-30)14-6-7-17(25-13-14)27-23(33)26-16-5-3-4-15(24)12-16/h3-7,12-13H,2,8-11H2,1H3,(H,31,32)(H2,25,26,27,33). The Hall–Kier alpha value is -4.32. The number of amides is 2. The summed E-state index contributed by atoms with van der Waals surface area (Å²) in [4.78, 5) is 39.0. The maximum absolute atomic E-state index is 13.3. The molecule has 4 rings (SSSR count). The van der Waals surface area contributed by atoms with Crippen molar-refractivity contribution in [1.82, 2.24) is 15.0 Å². The summed E-state index contributed by atoms with van der Waals surface area (Å²) in [5.74, 6) is -0.874. The number of morpholine rings is 1. The Morgan fingerprint density at radius 3 is 2.63 bits per heavy atom. The van der Waals surface area contributed by atoms with Crippen LogP contribution in [0.1, 0.15) is 17.4 Å². The summed E-state index contributed by atoms with van der Waals surface area (Å²) in [6.45, 7) is 4.01. The van der Waals surface area contributed by atoms with Gasteiger partial charge in [-0.25, -0.2) is 28.9 Å². The van der Waals surface area contributed by atoms with E-state index in [2.05, 4.69) is 25.6 Å². The Bertz CT molecular complexity index is 1220. The van der Waals surface area contributed by atoms with Gasteiger partial charge in [0.1, 0.15) is 11.6 Å². The fourth-order valence-electron chi connectivity index (χ4n) is 3.42. The number of carboxylic acid groups (broad SMARTS) is 1. The zero-order chi connectivity index (χ0) is 24.8. The number of carbonyl (C=O) groups is 2. The van der Waals surface area contributed by atoms with Crippen LogP contribution >= 0.6 is 0 Å². The molecule has 0 aliphatic carbocycles. The highest BCUT2D eigenvalue weighted by Gasteiger charge is 2.26. The van der Waals surface area contributed by atoms with Gasteiger partial charge in [-0.1, -0.05) is 6.07 Å². The molecule has 1 aliphatic heterocycles. The van der Waals surface area contributed by atoms with E-state index in [-0.39, 0.29) is 29.7 Å². The first-order chi connectivity index (χ1) is 16.9. The molecule has 35 heavy (non-hydrogen) atoms. The summed E-state index contributed by atoms with van der Waals surface area (Å²) < 4.78 is 24.3. The van der Waals surface area contributed by atoms with Crippen molar-refractivity contribution in [3.63, 3.8) is 0 Å². The number of nitrogens with zero attached hydrogens (tertiary/aromatic N) is 4. The fraction of sp³-hybridized carbons (Fsp3) is 0.261. The molecule has 0 saturated carbocycles. The van der Waals surface area contributed by atoms with Gasteiger partial charge >= 0.3 is 12.0 Å². The minimum atomic E-state index is -1.24. The first kappa shape index (κ1) is 23.8. The van der Waals surface area contributed by atoms with Crippen molar-refractivity contribution >= 4 is 29.3 Å². The van der Waals surface area contributed by atoms with Crippen molar-refractivity contribution in [2.45, 2.75) is 6.92 Å². The quantitative estimate of drug-likeness (QED) is 0.463. The van der Waals surface area contributed by atoms with Crippen molar-refractivity contribution in [3.05, 3.63) is 54.1 Å². The Labute approximate surface area is 199 Å². The van der Waals surface area contributed by atoms with Crippen LogP contribution in [0.4, 0.5) is 26.5 Å². The van der Waals surface area contributed by atoms with Gasteiger partial charge in [-0.3, -0.25) is 5.32 Å². The van der Waals surface area contributed by atoms with E-state index in [1.807, 2.05) is 4.90 Å². The largest absolute Gasteiger partial charge is 0.488 e. The van der Waals surface area contributed by atoms with E-state index in [4.69, 9.17) is 9.47 Å². The molecule has 0 spiro atoms. The van der Waals surface area contributed by atoms with Crippen molar-refractivity contribution in [3.8, 4) is 17.1 Å². The Kier molecular flexibility index (Phi) is 7.31. The maximum atomic E-state index is 13.3. The van der Waals surface area contributed by atoms with Crippen LogP contribution in [0.15, 0.2) is 42.6 Å². The molecule has 3 aromatic rings. The van der Waals surface area contributed by atoms with Gasteiger partial charge in [0.15, 0.2) is 23.1 Å². The van der Waals surface area contributed by atoms with E-state index in [9.17, 15) is 19.1 Å². The van der Waals surface area contributed by atoms with Gasteiger partial charge in [-0.05, 0) is 37.3 Å². The molecule has 182 valence electrons. The van der Waals surface area contributed by atoms with Crippen LogP contribution in [0.2, 0.25) is 0 Å². The number of urea groups is 1. The Morgan fingerprint density at radius 1 is 1.17 bits per heavy atom. The molecular formula is C23H23FN6O5. The minimum absolute atomic E-state index is 0.103. The highest BCUT2D eigenvalue weighted by Crippen LogP contribution is 2.33. The topological polar surface area (TPSA) is 139 Å².